The van der Waals surface area contributed by atoms with Crippen molar-refractivity contribution in [1.82, 2.24) is 25.5 Å². The van der Waals surface area contributed by atoms with E-state index in [0.29, 0.717) is 12.2 Å². The molecule has 0 aliphatic heterocycles. The second-order valence-electron chi connectivity index (χ2n) is 2.99. The predicted octanol–water partition coefficient (Wildman–Crippen LogP) is 0.197. The summed E-state index contributed by atoms with van der Waals surface area (Å²) in [7, 11) is 0. The maximum atomic E-state index is 11.6. The standard InChI is InChI=1S/C10H9N5O/c16-10(9-2-1-3-14-15-9)13-7-8-6-11-4-5-12-8/h1-6H,7H2,(H,13,16). The van der Waals surface area contributed by atoms with Gasteiger partial charge in [0.25, 0.3) is 5.91 Å². The van der Waals surface area contributed by atoms with Crippen LogP contribution in [0.15, 0.2) is 36.9 Å². The number of amides is 1. The first kappa shape index (κ1) is 10.2. The fourth-order valence-corrected chi connectivity index (χ4v) is 1.11. The van der Waals surface area contributed by atoms with Crippen molar-refractivity contribution in [3.8, 4) is 0 Å². The van der Waals surface area contributed by atoms with E-state index in [1.165, 1.54) is 6.20 Å². The normalized spacial score (nSPS) is 9.75. The van der Waals surface area contributed by atoms with Gasteiger partial charge in [-0.1, -0.05) is 0 Å². The fourth-order valence-electron chi connectivity index (χ4n) is 1.11. The Morgan fingerprint density at radius 1 is 1.31 bits per heavy atom. The first-order chi connectivity index (χ1) is 7.86. The first-order valence-corrected chi connectivity index (χ1v) is 4.67. The van der Waals surface area contributed by atoms with E-state index in [2.05, 4.69) is 25.5 Å². The molecule has 0 spiro atoms. The molecule has 0 aromatic carbocycles. The number of aromatic nitrogens is 4. The predicted molar refractivity (Wildman–Crippen MR) is 55.2 cm³/mol. The van der Waals surface area contributed by atoms with E-state index in [-0.39, 0.29) is 11.6 Å². The summed E-state index contributed by atoms with van der Waals surface area (Å²) in [5.41, 5.74) is 0.978. The monoisotopic (exact) mass is 215 g/mol. The summed E-state index contributed by atoms with van der Waals surface area (Å²) in [6.07, 6.45) is 6.26. The summed E-state index contributed by atoms with van der Waals surface area (Å²) in [6, 6.07) is 3.25. The van der Waals surface area contributed by atoms with Gasteiger partial charge in [0.1, 0.15) is 0 Å². The van der Waals surface area contributed by atoms with Gasteiger partial charge in [-0.05, 0) is 12.1 Å². The molecule has 1 N–H and O–H groups in total. The molecule has 0 atom stereocenters. The molecular formula is C10H9N5O. The highest BCUT2D eigenvalue weighted by atomic mass is 16.1. The van der Waals surface area contributed by atoms with Crippen LogP contribution in [0, 0.1) is 0 Å². The molecule has 2 rings (SSSR count). The molecule has 0 bridgehead atoms. The lowest BCUT2D eigenvalue weighted by atomic mass is 10.3. The molecule has 80 valence electrons. The van der Waals surface area contributed by atoms with Crippen LogP contribution in [0.25, 0.3) is 0 Å². The highest BCUT2D eigenvalue weighted by Gasteiger charge is 2.06. The highest BCUT2D eigenvalue weighted by molar-refractivity contribution is 5.91. The number of hydrogen-bond acceptors (Lipinski definition) is 5. The van der Waals surface area contributed by atoms with Gasteiger partial charge in [0.2, 0.25) is 0 Å². The Morgan fingerprint density at radius 3 is 2.94 bits per heavy atom. The molecule has 0 saturated heterocycles. The number of carbonyl (C=O) groups is 1. The quantitative estimate of drug-likeness (QED) is 0.790. The Morgan fingerprint density at radius 2 is 2.25 bits per heavy atom. The van der Waals surface area contributed by atoms with E-state index < -0.39 is 0 Å². The largest absolute Gasteiger partial charge is 0.345 e. The fraction of sp³-hybridized carbons (Fsp3) is 0.100. The van der Waals surface area contributed by atoms with Gasteiger partial charge in [-0.25, -0.2) is 0 Å². The summed E-state index contributed by atoms with van der Waals surface area (Å²) in [5, 5.41) is 9.99. The minimum absolute atomic E-state index is 0.279. The topological polar surface area (TPSA) is 80.7 Å². The number of nitrogens with one attached hydrogen (secondary N) is 1. The molecule has 0 unspecified atom stereocenters. The Labute approximate surface area is 91.8 Å². The van der Waals surface area contributed by atoms with Gasteiger partial charge in [-0.15, -0.1) is 5.10 Å². The van der Waals surface area contributed by atoms with Crippen molar-refractivity contribution in [2.75, 3.05) is 0 Å². The molecule has 0 saturated carbocycles. The van der Waals surface area contributed by atoms with E-state index in [9.17, 15) is 4.79 Å². The first-order valence-electron chi connectivity index (χ1n) is 4.67. The lowest BCUT2D eigenvalue weighted by molar-refractivity contribution is 0.0944. The minimum atomic E-state index is -0.279. The lowest BCUT2D eigenvalue weighted by Gasteiger charge is -2.02. The van der Waals surface area contributed by atoms with Crippen LogP contribution >= 0.6 is 0 Å². The van der Waals surface area contributed by atoms with E-state index in [1.54, 1.807) is 30.7 Å². The third-order valence-electron chi connectivity index (χ3n) is 1.85. The van der Waals surface area contributed by atoms with E-state index in [1.807, 2.05) is 0 Å². The van der Waals surface area contributed by atoms with Crippen molar-refractivity contribution < 1.29 is 4.79 Å². The average molecular weight is 215 g/mol. The summed E-state index contributed by atoms with van der Waals surface area (Å²) >= 11 is 0. The third-order valence-corrected chi connectivity index (χ3v) is 1.85. The molecule has 0 fully saturated rings. The molecule has 2 aromatic heterocycles. The second kappa shape index (κ2) is 4.92. The zero-order chi connectivity index (χ0) is 11.2. The second-order valence-corrected chi connectivity index (χ2v) is 2.99. The van der Waals surface area contributed by atoms with Gasteiger partial charge in [-0.2, -0.15) is 5.10 Å². The molecule has 0 aliphatic rings. The highest BCUT2D eigenvalue weighted by Crippen LogP contribution is 1.93. The summed E-state index contributed by atoms with van der Waals surface area (Å²) < 4.78 is 0. The molecule has 6 nitrogen and oxygen atoms in total. The Kier molecular flexibility index (Phi) is 3.12. The molecule has 16 heavy (non-hydrogen) atoms. The Bertz CT molecular complexity index is 459. The molecule has 0 radical (unpaired) electrons. The van der Waals surface area contributed by atoms with Crippen LogP contribution in [0.1, 0.15) is 16.2 Å². The number of hydrogen-bond donors (Lipinski definition) is 1. The smallest absolute Gasteiger partial charge is 0.272 e. The summed E-state index contributed by atoms with van der Waals surface area (Å²) in [4.78, 5) is 19.5. The van der Waals surface area contributed by atoms with Crippen LogP contribution in [-0.4, -0.2) is 26.1 Å². The SMILES string of the molecule is O=C(NCc1cnccn1)c1cccnn1. The zero-order valence-electron chi connectivity index (χ0n) is 8.37. The van der Waals surface area contributed by atoms with E-state index in [0.717, 1.165) is 0 Å². The zero-order valence-corrected chi connectivity index (χ0v) is 8.37. The Hall–Kier alpha value is -2.37. The molecular weight excluding hydrogens is 206 g/mol. The molecule has 6 heteroatoms. The molecule has 2 heterocycles. The van der Waals surface area contributed by atoms with Crippen LogP contribution in [0.2, 0.25) is 0 Å². The maximum Gasteiger partial charge on any atom is 0.272 e. The van der Waals surface area contributed by atoms with Crippen LogP contribution < -0.4 is 5.32 Å². The van der Waals surface area contributed by atoms with Crippen molar-refractivity contribution in [2.45, 2.75) is 6.54 Å². The van der Waals surface area contributed by atoms with Gasteiger partial charge in [0.15, 0.2) is 5.69 Å². The van der Waals surface area contributed by atoms with Gasteiger partial charge < -0.3 is 5.32 Å². The van der Waals surface area contributed by atoms with Crippen molar-refractivity contribution in [1.29, 1.82) is 0 Å². The molecule has 2 aromatic rings. The molecule has 1 amide bonds. The maximum absolute atomic E-state index is 11.6. The number of carbonyl (C=O) groups excluding carboxylic acids is 1. The average Bonchev–Trinajstić information content (AvgIpc) is 2.38. The van der Waals surface area contributed by atoms with E-state index >= 15 is 0 Å². The lowest BCUT2D eigenvalue weighted by Crippen LogP contribution is -2.24. The van der Waals surface area contributed by atoms with Gasteiger partial charge in [0.05, 0.1) is 18.4 Å². The molecule has 0 aliphatic carbocycles. The van der Waals surface area contributed by atoms with E-state index in [4.69, 9.17) is 0 Å². The van der Waals surface area contributed by atoms with Gasteiger partial charge in [0, 0.05) is 18.6 Å². The van der Waals surface area contributed by atoms with Crippen molar-refractivity contribution in [3.63, 3.8) is 0 Å². The number of rotatable bonds is 3. The Balaban J connectivity index is 1.95. The van der Waals surface area contributed by atoms with Crippen LogP contribution in [0.3, 0.4) is 0 Å². The third kappa shape index (κ3) is 2.57. The van der Waals surface area contributed by atoms with Crippen LogP contribution in [0.4, 0.5) is 0 Å². The van der Waals surface area contributed by atoms with Crippen molar-refractivity contribution in [2.24, 2.45) is 0 Å². The summed E-state index contributed by atoms with van der Waals surface area (Å²) in [6.45, 7) is 0.323. The minimum Gasteiger partial charge on any atom is -0.345 e. The van der Waals surface area contributed by atoms with Gasteiger partial charge >= 0.3 is 0 Å². The van der Waals surface area contributed by atoms with Crippen molar-refractivity contribution in [3.05, 3.63) is 48.3 Å². The van der Waals surface area contributed by atoms with Gasteiger partial charge in [-0.3, -0.25) is 14.8 Å². The summed E-state index contributed by atoms with van der Waals surface area (Å²) in [5.74, 6) is -0.279. The van der Waals surface area contributed by atoms with Crippen molar-refractivity contribution >= 4 is 5.91 Å². The van der Waals surface area contributed by atoms with Crippen LogP contribution in [-0.2, 0) is 6.54 Å². The number of nitrogens with zero attached hydrogens (tertiary/aromatic N) is 4. The van der Waals surface area contributed by atoms with Crippen LogP contribution in [0.5, 0.6) is 0 Å².